The molecule has 0 bridgehead atoms. The normalized spacial score (nSPS) is 12.0. The topological polar surface area (TPSA) is 101 Å². The number of aromatic hydroxyl groups is 1. The maximum absolute atomic E-state index is 13.2. The van der Waals surface area contributed by atoms with Crippen LogP contribution >= 0.6 is 11.6 Å². The number of benzene rings is 4. The third-order valence-electron chi connectivity index (χ3n) is 4.69. The van der Waals surface area contributed by atoms with E-state index in [4.69, 9.17) is 11.6 Å². The van der Waals surface area contributed by atoms with Crippen LogP contribution in [0.25, 0.3) is 10.8 Å². The molecule has 31 heavy (non-hydrogen) atoms. The molecule has 0 saturated heterocycles. The molecule has 0 spiro atoms. The molecular formula is C22H16ClNO5S2. The number of phenolic OH excluding ortho intramolecular Hbond substituents is 1. The van der Waals surface area contributed by atoms with Gasteiger partial charge in [-0.05, 0) is 42.5 Å². The summed E-state index contributed by atoms with van der Waals surface area (Å²) in [5.74, 6) is -0.465. The molecule has 0 radical (unpaired) electrons. The Balaban J connectivity index is 1.93. The lowest BCUT2D eigenvalue weighted by atomic mass is 10.1. The number of halogens is 1. The van der Waals surface area contributed by atoms with Crippen LogP contribution in [-0.2, 0) is 19.9 Å². The van der Waals surface area contributed by atoms with E-state index in [-0.39, 0.29) is 20.9 Å². The monoisotopic (exact) mass is 473 g/mol. The number of hydrogen-bond acceptors (Lipinski definition) is 5. The first kappa shape index (κ1) is 21.2. The van der Waals surface area contributed by atoms with Crippen LogP contribution in [0.4, 0.5) is 5.69 Å². The lowest BCUT2D eigenvalue weighted by Gasteiger charge is -2.15. The van der Waals surface area contributed by atoms with Crippen molar-refractivity contribution in [2.45, 2.75) is 14.7 Å². The van der Waals surface area contributed by atoms with Gasteiger partial charge in [-0.15, -0.1) is 0 Å². The van der Waals surface area contributed by atoms with Gasteiger partial charge in [0.1, 0.15) is 10.6 Å². The summed E-state index contributed by atoms with van der Waals surface area (Å²) in [6.45, 7) is 0. The molecule has 6 nitrogen and oxygen atoms in total. The third-order valence-corrected chi connectivity index (χ3v) is 8.11. The van der Waals surface area contributed by atoms with E-state index in [0.717, 1.165) is 6.07 Å². The SMILES string of the molecule is O=S(=O)(Nc1cc(S(=O)(=O)c2ccc(Cl)cc2)c(O)c2ccccc12)c1ccccc1. The molecule has 0 heterocycles. The lowest BCUT2D eigenvalue weighted by Crippen LogP contribution is -2.14. The fourth-order valence-corrected chi connectivity index (χ4v) is 5.77. The van der Waals surface area contributed by atoms with Crippen molar-refractivity contribution >= 4 is 47.9 Å². The minimum Gasteiger partial charge on any atom is -0.506 e. The van der Waals surface area contributed by atoms with Crippen molar-refractivity contribution in [1.29, 1.82) is 0 Å². The number of hydrogen-bond donors (Lipinski definition) is 2. The second kappa shape index (κ2) is 7.88. The zero-order valence-electron chi connectivity index (χ0n) is 15.9. The third kappa shape index (κ3) is 3.97. The molecular weight excluding hydrogens is 458 g/mol. The Bertz CT molecular complexity index is 1480. The fourth-order valence-electron chi connectivity index (χ4n) is 3.17. The van der Waals surface area contributed by atoms with Gasteiger partial charge >= 0.3 is 0 Å². The summed E-state index contributed by atoms with van der Waals surface area (Å²) in [6, 6.07) is 20.7. The van der Waals surface area contributed by atoms with Crippen molar-refractivity contribution in [3.63, 3.8) is 0 Å². The average Bonchev–Trinajstić information content (AvgIpc) is 2.76. The van der Waals surface area contributed by atoms with Gasteiger partial charge in [0, 0.05) is 15.8 Å². The Morgan fingerprint density at radius 2 is 1.29 bits per heavy atom. The van der Waals surface area contributed by atoms with Gasteiger partial charge in [-0.1, -0.05) is 54.1 Å². The first-order valence-corrected chi connectivity index (χ1v) is 12.4. The van der Waals surface area contributed by atoms with E-state index in [1.54, 1.807) is 36.4 Å². The van der Waals surface area contributed by atoms with Gasteiger partial charge in [0.05, 0.1) is 15.5 Å². The number of fused-ring (bicyclic) bond motifs is 1. The van der Waals surface area contributed by atoms with Crippen LogP contribution in [0.3, 0.4) is 0 Å². The van der Waals surface area contributed by atoms with Gasteiger partial charge in [-0.25, -0.2) is 16.8 Å². The quantitative estimate of drug-likeness (QED) is 0.404. The van der Waals surface area contributed by atoms with Crippen LogP contribution < -0.4 is 4.72 Å². The van der Waals surface area contributed by atoms with E-state index in [9.17, 15) is 21.9 Å². The molecule has 0 atom stereocenters. The maximum atomic E-state index is 13.2. The van der Waals surface area contributed by atoms with Crippen molar-refractivity contribution in [1.82, 2.24) is 0 Å². The van der Waals surface area contributed by atoms with Gasteiger partial charge in [-0.2, -0.15) is 0 Å². The zero-order chi connectivity index (χ0) is 22.2. The van der Waals surface area contributed by atoms with Crippen molar-refractivity contribution < 1.29 is 21.9 Å². The Hall–Kier alpha value is -3.07. The second-order valence-electron chi connectivity index (χ2n) is 6.69. The smallest absolute Gasteiger partial charge is 0.261 e. The van der Waals surface area contributed by atoms with Gasteiger partial charge < -0.3 is 5.11 Å². The van der Waals surface area contributed by atoms with Crippen LogP contribution in [0.15, 0.2) is 99.6 Å². The molecule has 0 saturated carbocycles. The van der Waals surface area contributed by atoms with Crippen LogP contribution in [0.1, 0.15) is 0 Å². The molecule has 0 aliphatic rings. The predicted octanol–water partition coefficient (Wildman–Crippen LogP) is 4.83. The van der Waals surface area contributed by atoms with Gasteiger partial charge in [0.2, 0.25) is 9.84 Å². The standard InChI is InChI=1S/C22H16ClNO5S2/c23-15-10-12-16(13-11-15)30(26,27)21-14-20(18-8-4-5-9-19(18)22(21)25)24-31(28,29)17-6-2-1-3-7-17/h1-14,24-25H. The van der Waals surface area contributed by atoms with Crippen LogP contribution in [0.2, 0.25) is 5.02 Å². The Labute approximate surface area is 184 Å². The van der Waals surface area contributed by atoms with Crippen molar-refractivity contribution in [3.8, 4) is 5.75 Å². The molecule has 0 aliphatic carbocycles. The molecule has 0 amide bonds. The Morgan fingerprint density at radius 1 is 0.710 bits per heavy atom. The predicted molar refractivity (Wildman–Crippen MR) is 120 cm³/mol. The van der Waals surface area contributed by atoms with Gasteiger partial charge in [-0.3, -0.25) is 4.72 Å². The fraction of sp³-hybridized carbons (Fsp3) is 0. The second-order valence-corrected chi connectivity index (χ2v) is 10.7. The number of nitrogens with one attached hydrogen (secondary N) is 1. The Kier molecular flexibility index (Phi) is 5.38. The zero-order valence-corrected chi connectivity index (χ0v) is 18.2. The number of sulfonamides is 1. The highest BCUT2D eigenvalue weighted by molar-refractivity contribution is 7.93. The number of sulfone groups is 1. The molecule has 0 aliphatic heterocycles. The van der Waals surface area contributed by atoms with E-state index >= 15 is 0 Å². The molecule has 0 unspecified atom stereocenters. The maximum Gasteiger partial charge on any atom is 0.261 e. The molecule has 2 N–H and O–H groups in total. The highest BCUT2D eigenvalue weighted by Gasteiger charge is 2.26. The molecule has 4 rings (SSSR count). The molecule has 4 aromatic carbocycles. The summed E-state index contributed by atoms with van der Waals surface area (Å²) in [7, 11) is -8.16. The van der Waals surface area contributed by atoms with Gasteiger partial charge in [0.25, 0.3) is 10.0 Å². The summed E-state index contributed by atoms with van der Waals surface area (Å²) in [5, 5.41) is 11.7. The van der Waals surface area contributed by atoms with E-state index in [0.29, 0.717) is 10.4 Å². The van der Waals surface area contributed by atoms with Crippen LogP contribution in [0.5, 0.6) is 5.75 Å². The minimum absolute atomic E-state index is 0.0225. The molecule has 9 heteroatoms. The summed E-state index contributed by atoms with van der Waals surface area (Å²) >= 11 is 5.85. The summed E-state index contributed by atoms with van der Waals surface area (Å²) in [4.78, 5) is -0.479. The van der Waals surface area contributed by atoms with E-state index in [2.05, 4.69) is 4.72 Å². The van der Waals surface area contributed by atoms with Crippen molar-refractivity contribution in [3.05, 3.63) is 90.0 Å². The highest BCUT2D eigenvalue weighted by atomic mass is 35.5. The first-order valence-electron chi connectivity index (χ1n) is 9.03. The van der Waals surface area contributed by atoms with Crippen LogP contribution in [0, 0.1) is 0 Å². The molecule has 158 valence electrons. The summed E-state index contributed by atoms with van der Waals surface area (Å²) in [6.07, 6.45) is 0. The lowest BCUT2D eigenvalue weighted by molar-refractivity contribution is 0.465. The average molecular weight is 474 g/mol. The number of phenols is 1. The molecule has 0 fully saturated rings. The summed E-state index contributed by atoms with van der Waals surface area (Å²) in [5.41, 5.74) is 0.0322. The van der Waals surface area contributed by atoms with E-state index in [1.165, 1.54) is 42.5 Å². The van der Waals surface area contributed by atoms with Crippen molar-refractivity contribution in [2.75, 3.05) is 4.72 Å². The number of anilines is 1. The Morgan fingerprint density at radius 3 is 1.94 bits per heavy atom. The molecule has 0 aromatic heterocycles. The number of rotatable bonds is 5. The summed E-state index contributed by atoms with van der Waals surface area (Å²) < 4.78 is 54.6. The van der Waals surface area contributed by atoms with Crippen molar-refractivity contribution in [2.24, 2.45) is 0 Å². The largest absolute Gasteiger partial charge is 0.506 e. The highest BCUT2D eigenvalue weighted by Crippen LogP contribution is 2.40. The molecule has 4 aromatic rings. The first-order chi connectivity index (χ1) is 14.7. The van der Waals surface area contributed by atoms with E-state index in [1.807, 2.05) is 0 Å². The van der Waals surface area contributed by atoms with Crippen LogP contribution in [-0.4, -0.2) is 21.9 Å². The van der Waals surface area contributed by atoms with Gasteiger partial charge in [0.15, 0.2) is 0 Å². The minimum atomic E-state index is -4.16. The van der Waals surface area contributed by atoms with E-state index < -0.39 is 30.5 Å².